The molecule has 0 spiro atoms. The number of nitrogens with zero attached hydrogens (tertiary/aromatic N) is 1. The monoisotopic (exact) mass is 446 g/mol. The molecule has 3 nitrogen and oxygen atoms in total. The number of hydrogen-bond donors (Lipinski definition) is 1. The number of benzene rings is 2. The fourth-order valence-corrected chi connectivity index (χ4v) is 6.55. The van der Waals surface area contributed by atoms with Crippen molar-refractivity contribution < 1.29 is 4.79 Å². The summed E-state index contributed by atoms with van der Waals surface area (Å²) >= 11 is 3.51. The number of anilines is 1. The quantitative estimate of drug-likeness (QED) is 0.324. The summed E-state index contributed by atoms with van der Waals surface area (Å²) in [6.07, 6.45) is 5.29. The van der Waals surface area contributed by atoms with Crippen LogP contribution in [0.25, 0.3) is 20.7 Å². The van der Waals surface area contributed by atoms with Crippen LogP contribution in [-0.4, -0.2) is 17.8 Å². The van der Waals surface area contributed by atoms with Crippen molar-refractivity contribution in [2.75, 3.05) is 11.9 Å². The van der Waals surface area contributed by atoms with Crippen molar-refractivity contribution in [1.29, 1.82) is 0 Å². The molecular weight excluding hydrogens is 420 g/mol. The molecule has 5 heteroatoms. The number of carbonyl (C=O) groups is 1. The van der Waals surface area contributed by atoms with E-state index < -0.39 is 0 Å². The summed E-state index contributed by atoms with van der Waals surface area (Å²) in [5.74, 6) is 0. The molecule has 2 aromatic carbocycles. The summed E-state index contributed by atoms with van der Waals surface area (Å²) < 4.78 is 1.21. The van der Waals surface area contributed by atoms with E-state index in [9.17, 15) is 4.79 Å². The van der Waals surface area contributed by atoms with E-state index in [1.807, 2.05) is 29.5 Å². The number of fused-ring (bicyclic) bond motifs is 2. The highest BCUT2D eigenvalue weighted by Gasteiger charge is 2.30. The molecule has 5 rings (SSSR count). The van der Waals surface area contributed by atoms with Crippen molar-refractivity contribution in [2.45, 2.75) is 39.5 Å². The number of aldehydes is 1. The molecule has 0 amide bonds. The number of hydrogen-bond acceptors (Lipinski definition) is 5. The molecule has 0 bridgehead atoms. The highest BCUT2D eigenvalue weighted by Crippen LogP contribution is 2.44. The summed E-state index contributed by atoms with van der Waals surface area (Å²) in [6, 6.07) is 16.9. The lowest BCUT2D eigenvalue weighted by molar-refractivity contribution is 0.112. The van der Waals surface area contributed by atoms with Crippen molar-refractivity contribution in [2.24, 2.45) is 5.41 Å². The van der Waals surface area contributed by atoms with Crippen LogP contribution in [0.4, 0.5) is 5.13 Å². The minimum atomic E-state index is 0.281. The number of aryl methyl sites for hydroxylation is 1. The zero-order chi connectivity index (χ0) is 21.4. The van der Waals surface area contributed by atoms with Gasteiger partial charge in [0, 0.05) is 21.9 Å². The molecule has 0 atom stereocenters. The number of thiazole rings is 1. The summed E-state index contributed by atoms with van der Waals surface area (Å²) in [5.41, 5.74) is 5.97. The fraction of sp³-hybridized carbons (Fsp3) is 0.308. The summed E-state index contributed by atoms with van der Waals surface area (Å²) in [6.45, 7) is 5.46. The number of nitrogens with one attached hydrogen (secondary N) is 1. The second kappa shape index (κ2) is 8.21. The zero-order valence-electron chi connectivity index (χ0n) is 17.9. The topological polar surface area (TPSA) is 42.0 Å². The summed E-state index contributed by atoms with van der Waals surface area (Å²) in [4.78, 5) is 19.1. The third-order valence-corrected chi connectivity index (χ3v) is 8.48. The van der Waals surface area contributed by atoms with Crippen molar-refractivity contribution in [3.63, 3.8) is 0 Å². The van der Waals surface area contributed by atoms with E-state index >= 15 is 0 Å². The van der Waals surface area contributed by atoms with Gasteiger partial charge in [0.25, 0.3) is 0 Å². The maximum atomic E-state index is 11.9. The summed E-state index contributed by atoms with van der Waals surface area (Å²) in [5, 5.41) is 4.42. The second-order valence-corrected chi connectivity index (χ2v) is 11.2. The van der Waals surface area contributed by atoms with Gasteiger partial charge in [-0.15, -0.1) is 11.3 Å². The highest BCUT2D eigenvalue weighted by atomic mass is 32.1. The molecule has 2 heterocycles. The van der Waals surface area contributed by atoms with Crippen LogP contribution in [0, 0.1) is 5.41 Å². The van der Waals surface area contributed by atoms with E-state index in [-0.39, 0.29) is 5.41 Å². The van der Waals surface area contributed by atoms with Crippen LogP contribution in [0.3, 0.4) is 0 Å². The third-order valence-electron chi connectivity index (χ3n) is 6.13. The molecule has 0 unspecified atom stereocenters. The molecule has 0 aliphatic heterocycles. The Morgan fingerprint density at radius 2 is 1.90 bits per heavy atom. The molecule has 1 aliphatic rings. The van der Waals surface area contributed by atoms with E-state index in [0.717, 1.165) is 58.7 Å². The van der Waals surface area contributed by atoms with Gasteiger partial charge in [-0.3, -0.25) is 4.79 Å². The molecular formula is C26H26N2OS2. The van der Waals surface area contributed by atoms with Gasteiger partial charge in [-0.05, 0) is 59.9 Å². The van der Waals surface area contributed by atoms with Crippen LogP contribution < -0.4 is 5.32 Å². The van der Waals surface area contributed by atoms with Gasteiger partial charge in [0.05, 0.1) is 10.2 Å². The van der Waals surface area contributed by atoms with Gasteiger partial charge < -0.3 is 5.32 Å². The normalized spacial score (nSPS) is 15.0. The third kappa shape index (κ3) is 4.17. The van der Waals surface area contributed by atoms with Crippen LogP contribution in [-0.2, 0) is 19.3 Å². The highest BCUT2D eigenvalue weighted by molar-refractivity contribution is 7.22. The molecule has 0 radical (unpaired) electrons. The first kappa shape index (κ1) is 20.4. The minimum absolute atomic E-state index is 0.281. The SMILES string of the molecule is CC1(C)CCc2sc(-c3ccc(CCNc4nc5ccccc5s4)cc3)c(C=O)c2C1. The number of thiophene rings is 1. The number of carbonyl (C=O) groups excluding carboxylic acids is 1. The average Bonchev–Trinajstić information content (AvgIpc) is 3.33. The molecule has 1 N–H and O–H groups in total. The Labute approximate surface area is 191 Å². The molecule has 1 aliphatic carbocycles. The minimum Gasteiger partial charge on any atom is -0.361 e. The zero-order valence-corrected chi connectivity index (χ0v) is 19.5. The molecule has 4 aromatic rings. The van der Waals surface area contributed by atoms with Crippen LogP contribution in [0.2, 0.25) is 0 Å². The molecule has 2 aromatic heterocycles. The Bertz CT molecular complexity index is 1200. The fourth-order valence-electron chi connectivity index (χ4n) is 4.37. The predicted octanol–water partition coefficient (Wildman–Crippen LogP) is 7.01. The van der Waals surface area contributed by atoms with Gasteiger partial charge in [-0.1, -0.05) is 61.6 Å². The van der Waals surface area contributed by atoms with Gasteiger partial charge in [0.1, 0.15) is 0 Å². The Kier molecular flexibility index (Phi) is 5.40. The predicted molar refractivity (Wildman–Crippen MR) is 133 cm³/mol. The summed E-state index contributed by atoms with van der Waals surface area (Å²) in [7, 11) is 0. The van der Waals surface area contributed by atoms with Gasteiger partial charge in [-0.25, -0.2) is 4.98 Å². The van der Waals surface area contributed by atoms with E-state index in [4.69, 9.17) is 0 Å². The standard InChI is InChI=1S/C26H26N2OS2/c1-26(2)13-11-22-19(15-26)20(16-29)24(30-22)18-9-7-17(8-10-18)12-14-27-25-28-21-5-3-4-6-23(21)31-25/h3-10,16H,11-15H2,1-2H3,(H,27,28). The first-order valence-electron chi connectivity index (χ1n) is 10.8. The van der Waals surface area contributed by atoms with Crippen LogP contribution in [0.1, 0.15) is 46.6 Å². The van der Waals surface area contributed by atoms with E-state index in [2.05, 4.69) is 54.5 Å². The van der Waals surface area contributed by atoms with E-state index in [0.29, 0.717) is 0 Å². The molecule has 0 fully saturated rings. The van der Waals surface area contributed by atoms with Crippen LogP contribution >= 0.6 is 22.7 Å². The lowest BCUT2D eigenvalue weighted by atomic mass is 9.76. The Hall–Kier alpha value is -2.50. The Balaban J connectivity index is 1.28. The molecule has 158 valence electrons. The van der Waals surface area contributed by atoms with Crippen LogP contribution in [0.15, 0.2) is 48.5 Å². The maximum Gasteiger partial charge on any atom is 0.183 e. The molecule has 31 heavy (non-hydrogen) atoms. The Morgan fingerprint density at radius 1 is 1.10 bits per heavy atom. The lowest BCUT2D eigenvalue weighted by Gasteiger charge is -2.29. The van der Waals surface area contributed by atoms with Gasteiger partial charge in [0.15, 0.2) is 11.4 Å². The van der Waals surface area contributed by atoms with Crippen molar-refractivity contribution in [3.8, 4) is 10.4 Å². The van der Waals surface area contributed by atoms with Gasteiger partial charge in [-0.2, -0.15) is 0 Å². The number of rotatable bonds is 6. The average molecular weight is 447 g/mol. The second-order valence-electron chi connectivity index (χ2n) is 9.07. The van der Waals surface area contributed by atoms with Crippen molar-refractivity contribution in [1.82, 2.24) is 4.98 Å². The van der Waals surface area contributed by atoms with Crippen molar-refractivity contribution in [3.05, 3.63) is 70.1 Å². The first-order chi connectivity index (χ1) is 15.0. The maximum absolute atomic E-state index is 11.9. The van der Waals surface area contributed by atoms with E-state index in [1.165, 1.54) is 27.1 Å². The van der Waals surface area contributed by atoms with E-state index in [1.54, 1.807) is 11.3 Å². The van der Waals surface area contributed by atoms with Gasteiger partial charge in [0.2, 0.25) is 0 Å². The smallest absolute Gasteiger partial charge is 0.183 e. The molecule has 0 saturated heterocycles. The van der Waals surface area contributed by atoms with Crippen LogP contribution in [0.5, 0.6) is 0 Å². The Morgan fingerprint density at radius 3 is 2.68 bits per heavy atom. The largest absolute Gasteiger partial charge is 0.361 e. The van der Waals surface area contributed by atoms with Crippen molar-refractivity contribution >= 4 is 44.3 Å². The number of para-hydroxylation sites is 1. The lowest BCUT2D eigenvalue weighted by Crippen LogP contribution is -2.21. The first-order valence-corrected chi connectivity index (χ1v) is 12.4. The number of aromatic nitrogens is 1. The molecule has 0 saturated carbocycles. The van der Waals surface area contributed by atoms with Gasteiger partial charge >= 0.3 is 0 Å².